The molecule has 0 heterocycles. The predicted octanol–water partition coefficient (Wildman–Crippen LogP) is 2.64. The van der Waals surface area contributed by atoms with Crippen LogP contribution in [-0.2, 0) is 0 Å². The highest BCUT2D eigenvalue weighted by molar-refractivity contribution is 5.99. The normalized spacial score (nSPS) is 21.4. The summed E-state index contributed by atoms with van der Waals surface area (Å²) in [5.74, 6) is 1.18. The van der Waals surface area contributed by atoms with Crippen LogP contribution in [0.15, 0.2) is 24.3 Å². The third-order valence-corrected chi connectivity index (χ3v) is 4.47. The fourth-order valence-corrected chi connectivity index (χ4v) is 3.28. The molecule has 0 bridgehead atoms. The van der Waals surface area contributed by atoms with Crippen LogP contribution in [0.1, 0.15) is 53.3 Å². The Morgan fingerprint density at radius 1 is 1.14 bits per heavy atom. The van der Waals surface area contributed by atoms with Crippen molar-refractivity contribution in [3.05, 3.63) is 35.4 Å². The number of Topliss-reactive ketones (excluding diaryl/α,β-unsaturated/α-hetero) is 1. The molecule has 1 amide bonds. The zero-order chi connectivity index (χ0) is 15.9. The highest BCUT2D eigenvalue weighted by atomic mass is 16.1. The lowest BCUT2D eigenvalue weighted by Gasteiger charge is -2.29. The van der Waals surface area contributed by atoms with Gasteiger partial charge in [-0.3, -0.25) is 9.59 Å². The number of carbonyl (C=O) groups excluding carboxylic acids is 2. The SMILES string of the molecule is CNCC1CCCC(CNC(=O)c2cccc(C(C)=O)c2)C1. The van der Waals surface area contributed by atoms with Gasteiger partial charge in [-0.25, -0.2) is 0 Å². The van der Waals surface area contributed by atoms with Crippen LogP contribution in [0.2, 0.25) is 0 Å². The lowest BCUT2D eigenvalue weighted by Crippen LogP contribution is -2.33. The zero-order valence-corrected chi connectivity index (χ0v) is 13.5. The van der Waals surface area contributed by atoms with Crippen LogP contribution in [0.4, 0.5) is 0 Å². The smallest absolute Gasteiger partial charge is 0.251 e. The van der Waals surface area contributed by atoms with Crippen LogP contribution in [0.5, 0.6) is 0 Å². The molecule has 2 rings (SSSR count). The highest BCUT2D eigenvalue weighted by Crippen LogP contribution is 2.28. The summed E-state index contributed by atoms with van der Waals surface area (Å²) in [5.41, 5.74) is 1.15. The van der Waals surface area contributed by atoms with E-state index in [9.17, 15) is 9.59 Å². The molecule has 2 N–H and O–H groups in total. The number of hydrogen-bond acceptors (Lipinski definition) is 3. The van der Waals surface area contributed by atoms with Crippen molar-refractivity contribution in [1.29, 1.82) is 0 Å². The highest BCUT2D eigenvalue weighted by Gasteiger charge is 2.22. The second kappa shape index (κ2) is 8.08. The summed E-state index contributed by atoms with van der Waals surface area (Å²) in [5, 5.41) is 6.27. The summed E-state index contributed by atoms with van der Waals surface area (Å²) in [6.07, 6.45) is 4.89. The van der Waals surface area contributed by atoms with Gasteiger partial charge in [0.2, 0.25) is 0 Å². The maximum atomic E-state index is 12.2. The molecular weight excluding hydrogens is 276 g/mol. The van der Waals surface area contributed by atoms with E-state index in [0.717, 1.165) is 19.0 Å². The molecule has 120 valence electrons. The van der Waals surface area contributed by atoms with Crippen LogP contribution < -0.4 is 10.6 Å². The minimum absolute atomic E-state index is 0.0168. The molecule has 2 atom stereocenters. The summed E-state index contributed by atoms with van der Waals surface area (Å²) in [4.78, 5) is 23.6. The van der Waals surface area contributed by atoms with Gasteiger partial charge in [0.05, 0.1) is 0 Å². The Kier molecular flexibility index (Phi) is 6.13. The van der Waals surface area contributed by atoms with Crippen LogP contribution >= 0.6 is 0 Å². The Bertz CT molecular complexity index is 526. The number of rotatable bonds is 6. The molecule has 0 aromatic heterocycles. The Morgan fingerprint density at radius 3 is 2.50 bits per heavy atom. The average molecular weight is 302 g/mol. The van der Waals surface area contributed by atoms with Gasteiger partial charge in [0.25, 0.3) is 5.91 Å². The maximum absolute atomic E-state index is 12.2. The van der Waals surface area contributed by atoms with Gasteiger partial charge in [0, 0.05) is 17.7 Å². The molecule has 0 radical (unpaired) electrons. The summed E-state index contributed by atoms with van der Waals surface area (Å²) < 4.78 is 0. The standard InChI is InChI=1S/C18H26N2O2/c1-13(21)16-7-4-8-17(10-16)18(22)20-12-15-6-3-5-14(9-15)11-19-2/h4,7-8,10,14-15,19H,3,5-6,9,11-12H2,1-2H3,(H,20,22). The fourth-order valence-electron chi connectivity index (χ4n) is 3.28. The maximum Gasteiger partial charge on any atom is 0.251 e. The van der Waals surface area contributed by atoms with Gasteiger partial charge in [-0.2, -0.15) is 0 Å². The average Bonchev–Trinajstić information content (AvgIpc) is 2.53. The molecule has 4 nitrogen and oxygen atoms in total. The van der Waals surface area contributed by atoms with Crippen molar-refractivity contribution in [3.8, 4) is 0 Å². The molecule has 0 saturated heterocycles. The van der Waals surface area contributed by atoms with Gasteiger partial charge in [-0.1, -0.05) is 18.6 Å². The number of ketones is 1. The quantitative estimate of drug-likeness (QED) is 0.794. The lowest BCUT2D eigenvalue weighted by molar-refractivity contribution is 0.0940. The third-order valence-electron chi connectivity index (χ3n) is 4.47. The first kappa shape index (κ1) is 16.7. The van der Waals surface area contributed by atoms with E-state index < -0.39 is 0 Å². The Labute approximate surface area is 132 Å². The zero-order valence-electron chi connectivity index (χ0n) is 13.5. The van der Waals surface area contributed by atoms with Gasteiger partial charge in [-0.15, -0.1) is 0 Å². The molecule has 1 fully saturated rings. The molecule has 1 aliphatic carbocycles. The first-order valence-corrected chi connectivity index (χ1v) is 8.14. The summed E-state index contributed by atoms with van der Waals surface area (Å²) in [6, 6.07) is 6.92. The van der Waals surface area contributed by atoms with Gasteiger partial charge < -0.3 is 10.6 Å². The van der Waals surface area contributed by atoms with E-state index in [1.165, 1.54) is 32.6 Å². The largest absolute Gasteiger partial charge is 0.352 e. The first-order chi connectivity index (χ1) is 10.6. The minimum Gasteiger partial charge on any atom is -0.352 e. The van der Waals surface area contributed by atoms with Crippen LogP contribution in [0.25, 0.3) is 0 Å². The summed E-state index contributed by atoms with van der Waals surface area (Å²) in [7, 11) is 1.99. The second-order valence-electron chi connectivity index (χ2n) is 6.30. The van der Waals surface area contributed by atoms with Crippen LogP contribution in [0.3, 0.4) is 0 Å². The Balaban J connectivity index is 1.87. The van der Waals surface area contributed by atoms with Gasteiger partial charge in [0.1, 0.15) is 0 Å². The van der Waals surface area contributed by atoms with E-state index in [1.54, 1.807) is 24.3 Å². The minimum atomic E-state index is -0.0844. The monoisotopic (exact) mass is 302 g/mol. The van der Waals surface area contributed by atoms with E-state index in [2.05, 4.69) is 10.6 Å². The molecule has 1 aliphatic rings. The van der Waals surface area contributed by atoms with Crippen molar-refractivity contribution in [3.63, 3.8) is 0 Å². The number of carbonyl (C=O) groups is 2. The molecule has 0 aliphatic heterocycles. The van der Waals surface area contributed by atoms with E-state index in [4.69, 9.17) is 0 Å². The Morgan fingerprint density at radius 2 is 1.82 bits per heavy atom. The van der Waals surface area contributed by atoms with Crippen molar-refractivity contribution < 1.29 is 9.59 Å². The van der Waals surface area contributed by atoms with E-state index in [-0.39, 0.29) is 11.7 Å². The summed E-state index contributed by atoms with van der Waals surface area (Å²) >= 11 is 0. The van der Waals surface area contributed by atoms with Crippen LogP contribution in [-0.4, -0.2) is 31.8 Å². The number of amides is 1. The molecule has 0 spiro atoms. The van der Waals surface area contributed by atoms with Gasteiger partial charge in [0.15, 0.2) is 5.78 Å². The van der Waals surface area contributed by atoms with Crippen molar-refractivity contribution in [2.75, 3.05) is 20.1 Å². The van der Waals surface area contributed by atoms with Crippen LogP contribution in [0, 0.1) is 11.8 Å². The number of hydrogen-bond donors (Lipinski definition) is 2. The van der Waals surface area contributed by atoms with Gasteiger partial charge >= 0.3 is 0 Å². The predicted molar refractivity (Wildman–Crippen MR) is 88.2 cm³/mol. The molecule has 1 aromatic rings. The first-order valence-electron chi connectivity index (χ1n) is 8.14. The van der Waals surface area contributed by atoms with E-state index in [0.29, 0.717) is 17.0 Å². The summed E-state index contributed by atoms with van der Waals surface area (Å²) in [6.45, 7) is 3.30. The molecule has 2 unspecified atom stereocenters. The second-order valence-corrected chi connectivity index (χ2v) is 6.30. The van der Waals surface area contributed by atoms with E-state index >= 15 is 0 Å². The lowest BCUT2D eigenvalue weighted by atomic mass is 9.81. The third kappa shape index (κ3) is 4.67. The number of nitrogens with one attached hydrogen (secondary N) is 2. The molecule has 1 saturated carbocycles. The topological polar surface area (TPSA) is 58.2 Å². The fraction of sp³-hybridized carbons (Fsp3) is 0.556. The van der Waals surface area contributed by atoms with Crippen molar-refractivity contribution >= 4 is 11.7 Å². The van der Waals surface area contributed by atoms with E-state index in [1.807, 2.05) is 7.05 Å². The molecule has 22 heavy (non-hydrogen) atoms. The molecule has 4 heteroatoms. The van der Waals surface area contributed by atoms with Gasteiger partial charge in [-0.05, 0) is 63.7 Å². The van der Waals surface area contributed by atoms with Crippen molar-refractivity contribution in [1.82, 2.24) is 10.6 Å². The molecule has 1 aromatic carbocycles. The Hall–Kier alpha value is -1.68. The van der Waals surface area contributed by atoms with Crippen molar-refractivity contribution in [2.45, 2.75) is 32.6 Å². The van der Waals surface area contributed by atoms with Crippen molar-refractivity contribution in [2.24, 2.45) is 11.8 Å². The molecular formula is C18H26N2O2. The number of benzene rings is 1.